The summed E-state index contributed by atoms with van der Waals surface area (Å²) < 4.78 is 22.7. The van der Waals surface area contributed by atoms with Gasteiger partial charge in [0, 0.05) is 6.54 Å². The molecular weight excluding hydrogens is 258 g/mol. The lowest BCUT2D eigenvalue weighted by molar-refractivity contribution is -0.148. The molecule has 0 spiro atoms. The van der Waals surface area contributed by atoms with Gasteiger partial charge in [0.2, 0.25) is 5.91 Å². The van der Waals surface area contributed by atoms with Gasteiger partial charge in [0.1, 0.15) is 5.41 Å². The van der Waals surface area contributed by atoms with Crippen molar-refractivity contribution in [2.75, 3.05) is 12.3 Å². The van der Waals surface area contributed by atoms with Crippen LogP contribution in [0.3, 0.4) is 0 Å². The van der Waals surface area contributed by atoms with Crippen molar-refractivity contribution in [3.05, 3.63) is 0 Å². The Morgan fingerprint density at radius 2 is 1.78 bits per heavy atom. The molecule has 0 atom stereocenters. The zero-order valence-corrected chi connectivity index (χ0v) is 11.6. The molecule has 1 amide bonds. The Bertz CT molecular complexity index is 456. The van der Waals surface area contributed by atoms with Crippen molar-refractivity contribution in [3.8, 4) is 0 Å². The third-order valence-electron chi connectivity index (χ3n) is 3.18. The van der Waals surface area contributed by atoms with Gasteiger partial charge in [0.05, 0.1) is 10.5 Å². The summed E-state index contributed by atoms with van der Waals surface area (Å²) in [6.07, 6.45) is 0.639. The molecular formula is C11H19NO5S. The van der Waals surface area contributed by atoms with Crippen molar-refractivity contribution < 1.29 is 23.1 Å². The van der Waals surface area contributed by atoms with E-state index in [0.717, 1.165) is 0 Å². The molecule has 0 radical (unpaired) electrons. The zero-order chi connectivity index (χ0) is 14.2. The van der Waals surface area contributed by atoms with Gasteiger partial charge in [-0.2, -0.15) is 0 Å². The number of nitrogens with one attached hydrogen (secondary N) is 1. The van der Waals surface area contributed by atoms with Crippen LogP contribution in [0.25, 0.3) is 0 Å². The Morgan fingerprint density at radius 3 is 2.11 bits per heavy atom. The van der Waals surface area contributed by atoms with Crippen molar-refractivity contribution in [2.24, 2.45) is 5.41 Å². The SMILES string of the molecule is CC(C)(C)S(=O)(=O)CCNC(=O)C1(C(=O)O)CC1. The smallest absolute Gasteiger partial charge is 0.319 e. The lowest BCUT2D eigenvalue weighted by Crippen LogP contribution is -2.41. The molecule has 1 aliphatic rings. The molecule has 2 N–H and O–H groups in total. The molecule has 1 rings (SSSR count). The molecule has 0 aliphatic heterocycles. The number of carboxylic acids is 1. The lowest BCUT2D eigenvalue weighted by Gasteiger charge is -2.19. The predicted octanol–water partition coefficient (Wildman–Crippen LogP) is 0.181. The van der Waals surface area contributed by atoms with E-state index in [1.807, 2.05) is 0 Å². The van der Waals surface area contributed by atoms with Crippen LogP contribution in [0.2, 0.25) is 0 Å². The number of carbonyl (C=O) groups excluding carboxylic acids is 1. The average Bonchev–Trinajstić information content (AvgIpc) is 2.95. The van der Waals surface area contributed by atoms with Crippen LogP contribution in [0.5, 0.6) is 0 Å². The topological polar surface area (TPSA) is 101 Å². The highest BCUT2D eigenvalue weighted by Gasteiger charge is 2.56. The van der Waals surface area contributed by atoms with Crippen molar-refractivity contribution in [1.82, 2.24) is 5.32 Å². The number of carboxylic acid groups (broad SMARTS) is 1. The van der Waals surface area contributed by atoms with E-state index in [2.05, 4.69) is 5.32 Å². The summed E-state index contributed by atoms with van der Waals surface area (Å²) in [6.45, 7) is 4.71. The molecule has 6 nitrogen and oxygen atoms in total. The number of aliphatic carboxylic acids is 1. The monoisotopic (exact) mass is 277 g/mol. The fraction of sp³-hybridized carbons (Fsp3) is 0.818. The van der Waals surface area contributed by atoms with Gasteiger partial charge in [-0.15, -0.1) is 0 Å². The summed E-state index contributed by atoms with van der Waals surface area (Å²) in [5.74, 6) is -1.91. The molecule has 1 saturated carbocycles. The minimum absolute atomic E-state index is 0.0481. The first-order valence-corrected chi connectivity index (χ1v) is 7.42. The highest BCUT2D eigenvalue weighted by Crippen LogP contribution is 2.45. The van der Waals surface area contributed by atoms with Crippen LogP contribution in [-0.4, -0.2) is 42.4 Å². The van der Waals surface area contributed by atoms with Gasteiger partial charge in [-0.1, -0.05) is 0 Å². The maximum absolute atomic E-state index is 11.8. The molecule has 0 unspecified atom stereocenters. The van der Waals surface area contributed by atoms with Crippen molar-refractivity contribution in [2.45, 2.75) is 38.4 Å². The predicted molar refractivity (Wildman–Crippen MR) is 65.9 cm³/mol. The number of amides is 1. The van der Waals surface area contributed by atoms with E-state index in [1.54, 1.807) is 20.8 Å². The Balaban J connectivity index is 2.50. The normalized spacial score (nSPS) is 18.2. The Hall–Kier alpha value is -1.11. The van der Waals surface area contributed by atoms with Crippen molar-refractivity contribution >= 4 is 21.7 Å². The standard InChI is InChI=1S/C11H19NO5S/c1-10(2,3)18(16,17)7-6-12-8(13)11(4-5-11)9(14)15/h4-7H2,1-3H3,(H,12,13)(H,14,15). The fourth-order valence-corrected chi connectivity index (χ4v) is 2.42. The van der Waals surface area contributed by atoms with E-state index in [0.29, 0.717) is 12.8 Å². The van der Waals surface area contributed by atoms with Gasteiger partial charge in [0.15, 0.2) is 9.84 Å². The Morgan fingerprint density at radius 1 is 1.28 bits per heavy atom. The van der Waals surface area contributed by atoms with Gasteiger partial charge in [-0.3, -0.25) is 9.59 Å². The van der Waals surface area contributed by atoms with Gasteiger partial charge in [-0.25, -0.2) is 8.42 Å². The Labute approximate surface area is 107 Å². The van der Waals surface area contributed by atoms with Crippen LogP contribution in [-0.2, 0) is 19.4 Å². The quantitative estimate of drug-likeness (QED) is 0.698. The molecule has 1 aliphatic carbocycles. The third kappa shape index (κ3) is 2.82. The van der Waals surface area contributed by atoms with Crippen molar-refractivity contribution in [3.63, 3.8) is 0 Å². The number of hydrogen-bond donors (Lipinski definition) is 2. The van der Waals surface area contributed by atoms with Crippen LogP contribution < -0.4 is 5.32 Å². The molecule has 104 valence electrons. The van der Waals surface area contributed by atoms with E-state index >= 15 is 0 Å². The summed E-state index contributed by atoms with van der Waals surface area (Å²) in [4.78, 5) is 22.5. The molecule has 0 aromatic heterocycles. The fourth-order valence-electron chi connectivity index (χ4n) is 1.44. The molecule has 0 bridgehead atoms. The van der Waals surface area contributed by atoms with Crippen LogP contribution in [0.1, 0.15) is 33.6 Å². The largest absolute Gasteiger partial charge is 0.480 e. The van der Waals surface area contributed by atoms with Crippen molar-refractivity contribution in [1.29, 1.82) is 0 Å². The molecule has 0 saturated heterocycles. The lowest BCUT2D eigenvalue weighted by atomic mass is 10.1. The molecule has 0 heterocycles. The van der Waals surface area contributed by atoms with E-state index in [-0.39, 0.29) is 12.3 Å². The van der Waals surface area contributed by atoms with Gasteiger partial charge in [0.25, 0.3) is 0 Å². The average molecular weight is 277 g/mol. The van der Waals surface area contributed by atoms with Crippen LogP contribution >= 0.6 is 0 Å². The molecule has 0 aromatic rings. The first kappa shape index (κ1) is 14.9. The summed E-state index contributed by atoms with van der Waals surface area (Å²) in [5, 5.41) is 11.3. The number of carbonyl (C=O) groups is 2. The highest BCUT2D eigenvalue weighted by molar-refractivity contribution is 7.92. The van der Waals surface area contributed by atoms with Gasteiger partial charge >= 0.3 is 5.97 Å². The van der Waals surface area contributed by atoms with Crippen LogP contribution in [0.15, 0.2) is 0 Å². The first-order valence-electron chi connectivity index (χ1n) is 5.77. The maximum Gasteiger partial charge on any atom is 0.319 e. The maximum atomic E-state index is 11.8. The van der Waals surface area contributed by atoms with E-state index in [1.165, 1.54) is 0 Å². The van der Waals surface area contributed by atoms with Crippen LogP contribution in [0, 0.1) is 5.41 Å². The van der Waals surface area contributed by atoms with E-state index in [4.69, 9.17) is 5.11 Å². The summed E-state index contributed by atoms with van der Waals surface area (Å²) >= 11 is 0. The first-order chi connectivity index (χ1) is 8.03. The second-order valence-electron chi connectivity index (χ2n) is 5.57. The minimum Gasteiger partial charge on any atom is -0.480 e. The third-order valence-corrected chi connectivity index (χ3v) is 5.79. The summed E-state index contributed by atoms with van der Waals surface area (Å²) in [5.41, 5.74) is -1.31. The van der Waals surface area contributed by atoms with Gasteiger partial charge in [-0.05, 0) is 33.6 Å². The highest BCUT2D eigenvalue weighted by atomic mass is 32.2. The number of hydrogen-bond acceptors (Lipinski definition) is 4. The van der Waals surface area contributed by atoms with E-state index in [9.17, 15) is 18.0 Å². The molecule has 7 heteroatoms. The summed E-state index contributed by atoms with van der Waals surface area (Å²) in [6, 6.07) is 0. The summed E-state index contributed by atoms with van der Waals surface area (Å²) in [7, 11) is -3.30. The van der Waals surface area contributed by atoms with Gasteiger partial charge < -0.3 is 10.4 Å². The number of rotatable bonds is 5. The Kier molecular flexibility index (Phi) is 3.76. The molecule has 1 fully saturated rings. The van der Waals surface area contributed by atoms with E-state index < -0.39 is 31.9 Å². The minimum atomic E-state index is -3.30. The van der Waals surface area contributed by atoms with Crippen LogP contribution in [0.4, 0.5) is 0 Å². The number of sulfone groups is 1. The molecule has 0 aromatic carbocycles. The molecule has 18 heavy (non-hydrogen) atoms. The second kappa shape index (κ2) is 4.53. The second-order valence-corrected chi connectivity index (χ2v) is 8.44. The zero-order valence-electron chi connectivity index (χ0n) is 10.8.